The first-order valence-corrected chi connectivity index (χ1v) is 10.2. The Morgan fingerprint density at radius 1 is 1.14 bits per heavy atom. The second-order valence-corrected chi connectivity index (χ2v) is 8.68. The molecule has 1 fully saturated rings. The van der Waals surface area contributed by atoms with Gasteiger partial charge in [-0.05, 0) is 35.4 Å². The van der Waals surface area contributed by atoms with E-state index in [1.807, 2.05) is 24.1 Å². The van der Waals surface area contributed by atoms with E-state index in [0.29, 0.717) is 25.7 Å². The zero-order chi connectivity index (χ0) is 20.2. The summed E-state index contributed by atoms with van der Waals surface area (Å²) in [6.45, 7) is 2.07. The summed E-state index contributed by atoms with van der Waals surface area (Å²) >= 11 is 6.01. The lowest BCUT2D eigenvalue weighted by Gasteiger charge is -2.47. The van der Waals surface area contributed by atoms with Crippen LogP contribution in [0.4, 0.5) is 4.39 Å². The maximum atomic E-state index is 13.6. The molecule has 152 valence electrons. The Hall–Kier alpha value is -2.31. The highest BCUT2D eigenvalue weighted by Gasteiger charge is 2.53. The molecule has 7 heteroatoms. The van der Waals surface area contributed by atoms with Gasteiger partial charge in [-0.3, -0.25) is 0 Å². The van der Waals surface area contributed by atoms with Crippen molar-refractivity contribution in [2.75, 3.05) is 26.8 Å². The van der Waals surface area contributed by atoms with Crippen molar-refractivity contribution < 1.29 is 13.9 Å². The van der Waals surface area contributed by atoms with Crippen molar-refractivity contribution in [3.63, 3.8) is 0 Å². The van der Waals surface area contributed by atoms with Crippen LogP contribution in [0.15, 0.2) is 41.4 Å². The van der Waals surface area contributed by atoms with Crippen LogP contribution in [-0.2, 0) is 10.3 Å². The first-order chi connectivity index (χ1) is 13.9. The highest BCUT2D eigenvalue weighted by atomic mass is 35.5. The highest BCUT2D eigenvalue weighted by molar-refractivity contribution is 6.31. The van der Waals surface area contributed by atoms with E-state index in [9.17, 15) is 4.39 Å². The van der Waals surface area contributed by atoms with Crippen molar-refractivity contribution >= 4 is 17.6 Å². The quantitative estimate of drug-likeness (QED) is 0.766. The lowest BCUT2D eigenvalue weighted by Crippen LogP contribution is -2.52. The number of nitrogens with zero attached hydrogens (tertiary/aromatic N) is 2. The molecule has 0 saturated carbocycles. The molecule has 29 heavy (non-hydrogen) atoms. The maximum Gasteiger partial charge on any atom is 0.192 e. The fourth-order valence-electron chi connectivity index (χ4n) is 4.81. The summed E-state index contributed by atoms with van der Waals surface area (Å²) in [6.07, 6.45) is 2.43. The third-order valence-electron chi connectivity index (χ3n) is 6.30. The van der Waals surface area contributed by atoms with Gasteiger partial charge in [-0.1, -0.05) is 23.7 Å². The molecule has 2 spiro atoms. The Labute approximate surface area is 174 Å². The van der Waals surface area contributed by atoms with E-state index >= 15 is 0 Å². The predicted molar refractivity (Wildman–Crippen MR) is 111 cm³/mol. The minimum Gasteiger partial charge on any atom is -0.487 e. The largest absolute Gasteiger partial charge is 0.487 e. The molecule has 2 N–H and O–H groups in total. The van der Waals surface area contributed by atoms with Crippen LogP contribution in [0.1, 0.15) is 24.8 Å². The standard InChI is InChI=1S/C22H23ClFN3O2/c1-27-13-22(26-20(27)25)12-21(6-8-28-9-7-21)29-19-5-3-14(10-16(19)22)15-2-4-18(24)17(23)11-15/h2-5,10-11H,6-9,12-13H2,1H3,(H2,25,26). The summed E-state index contributed by atoms with van der Waals surface area (Å²) in [5.74, 6) is 0.946. The van der Waals surface area contributed by atoms with Gasteiger partial charge in [0, 0.05) is 31.9 Å². The molecule has 1 unspecified atom stereocenters. The number of guanidine groups is 1. The first kappa shape index (κ1) is 18.7. The molecule has 0 aliphatic carbocycles. The minimum atomic E-state index is -0.469. The number of aliphatic imine (C=N–C) groups is 1. The molecule has 3 aliphatic heterocycles. The minimum absolute atomic E-state index is 0.107. The number of nitrogens with two attached hydrogens (primary N) is 1. The molecule has 0 radical (unpaired) electrons. The van der Waals surface area contributed by atoms with E-state index in [2.05, 4.69) is 6.07 Å². The van der Waals surface area contributed by atoms with Crippen LogP contribution in [0.5, 0.6) is 5.75 Å². The number of benzene rings is 2. The molecule has 0 aromatic heterocycles. The smallest absolute Gasteiger partial charge is 0.192 e. The van der Waals surface area contributed by atoms with E-state index < -0.39 is 11.4 Å². The third kappa shape index (κ3) is 3.06. The summed E-state index contributed by atoms with van der Waals surface area (Å²) in [7, 11) is 1.96. The summed E-state index contributed by atoms with van der Waals surface area (Å²) < 4.78 is 25.8. The van der Waals surface area contributed by atoms with Crippen molar-refractivity contribution in [3.05, 3.63) is 52.8 Å². The van der Waals surface area contributed by atoms with Gasteiger partial charge < -0.3 is 20.1 Å². The average molecular weight is 416 g/mol. The van der Waals surface area contributed by atoms with E-state index in [0.717, 1.165) is 41.7 Å². The van der Waals surface area contributed by atoms with Crippen molar-refractivity contribution in [1.82, 2.24) is 4.90 Å². The van der Waals surface area contributed by atoms with E-state index in [1.54, 1.807) is 12.1 Å². The van der Waals surface area contributed by atoms with E-state index in [4.69, 9.17) is 31.8 Å². The molecule has 1 saturated heterocycles. The number of fused-ring (bicyclic) bond motifs is 2. The van der Waals surface area contributed by atoms with E-state index in [-0.39, 0.29) is 10.6 Å². The van der Waals surface area contributed by atoms with Gasteiger partial charge in [-0.25, -0.2) is 9.38 Å². The van der Waals surface area contributed by atoms with Gasteiger partial charge in [0.2, 0.25) is 0 Å². The van der Waals surface area contributed by atoms with Gasteiger partial charge in [0.05, 0.1) is 24.8 Å². The molecule has 2 aromatic rings. The van der Waals surface area contributed by atoms with Gasteiger partial charge in [0.25, 0.3) is 0 Å². The van der Waals surface area contributed by atoms with Crippen molar-refractivity contribution in [3.8, 4) is 16.9 Å². The van der Waals surface area contributed by atoms with Crippen LogP contribution >= 0.6 is 11.6 Å². The number of hydrogen-bond acceptors (Lipinski definition) is 5. The average Bonchev–Trinajstić information content (AvgIpc) is 2.98. The summed E-state index contributed by atoms with van der Waals surface area (Å²) in [5.41, 5.74) is 8.25. The summed E-state index contributed by atoms with van der Waals surface area (Å²) in [5, 5.41) is 0.107. The Morgan fingerprint density at radius 3 is 2.55 bits per heavy atom. The van der Waals surface area contributed by atoms with Gasteiger partial charge in [0.15, 0.2) is 5.96 Å². The topological polar surface area (TPSA) is 60.1 Å². The Balaban J connectivity index is 1.63. The fraction of sp³-hybridized carbons (Fsp3) is 0.409. The van der Waals surface area contributed by atoms with Crippen LogP contribution in [0.3, 0.4) is 0 Å². The first-order valence-electron chi connectivity index (χ1n) is 9.83. The molecule has 5 rings (SSSR count). The number of hydrogen-bond donors (Lipinski definition) is 1. The molecule has 0 bridgehead atoms. The van der Waals surface area contributed by atoms with Crippen LogP contribution < -0.4 is 10.5 Å². The molecule has 5 nitrogen and oxygen atoms in total. The molecule has 3 aliphatic rings. The zero-order valence-electron chi connectivity index (χ0n) is 16.3. The molecular formula is C22H23ClFN3O2. The monoisotopic (exact) mass is 415 g/mol. The molecule has 2 aromatic carbocycles. The molecule has 1 atom stereocenters. The normalized spacial score (nSPS) is 25.1. The molecule has 0 amide bonds. The Kier molecular flexibility index (Phi) is 4.26. The second kappa shape index (κ2) is 6.61. The van der Waals surface area contributed by atoms with Gasteiger partial charge in [-0.2, -0.15) is 0 Å². The number of likely N-dealkylation sites (N-methyl/N-ethyl adjacent to an activating group) is 1. The Morgan fingerprint density at radius 2 is 1.86 bits per heavy atom. The Bertz CT molecular complexity index is 1010. The second-order valence-electron chi connectivity index (χ2n) is 8.27. The lowest BCUT2D eigenvalue weighted by atomic mass is 9.73. The van der Waals surface area contributed by atoms with Crippen molar-refractivity contribution in [1.29, 1.82) is 0 Å². The van der Waals surface area contributed by atoms with Crippen molar-refractivity contribution in [2.45, 2.75) is 30.4 Å². The van der Waals surface area contributed by atoms with Crippen LogP contribution in [0.25, 0.3) is 11.1 Å². The SMILES string of the molecule is CN1CC2(CC3(CCOCC3)Oc3ccc(-c4ccc(F)c(Cl)c4)cc32)N=C1N. The predicted octanol–water partition coefficient (Wildman–Crippen LogP) is 3.93. The lowest BCUT2D eigenvalue weighted by molar-refractivity contribution is -0.0732. The van der Waals surface area contributed by atoms with Crippen LogP contribution in [-0.4, -0.2) is 43.3 Å². The summed E-state index contributed by atoms with van der Waals surface area (Å²) in [4.78, 5) is 6.92. The van der Waals surface area contributed by atoms with E-state index in [1.165, 1.54) is 6.07 Å². The maximum absolute atomic E-state index is 13.6. The van der Waals surface area contributed by atoms with Gasteiger partial charge in [-0.15, -0.1) is 0 Å². The highest BCUT2D eigenvalue weighted by Crippen LogP contribution is 2.51. The number of halogens is 2. The fourth-order valence-corrected chi connectivity index (χ4v) is 4.99. The van der Waals surface area contributed by atoms with Crippen molar-refractivity contribution in [2.24, 2.45) is 10.7 Å². The number of rotatable bonds is 1. The zero-order valence-corrected chi connectivity index (χ0v) is 17.0. The molecular weight excluding hydrogens is 393 g/mol. The number of ether oxygens (including phenoxy) is 2. The van der Waals surface area contributed by atoms with Gasteiger partial charge in [0.1, 0.15) is 22.7 Å². The summed E-state index contributed by atoms with van der Waals surface area (Å²) in [6, 6.07) is 10.8. The van der Waals surface area contributed by atoms with Gasteiger partial charge >= 0.3 is 0 Å². The third-order valence-corrected chi connectivity index (χ3v) is 6.59. The van der Waals surface area contributed by atoms with Crippen LogP contribution in [0, 0.1) is 5.82 Å². The van der Waals surface area contributed by atoms with Crippen LogP contribution in [0.2, 0.25) is 5.02 Å². The molecule has 3 heterocycles.